The van der Waals surface area contributed by atoms with E-state index in [1.54, 1.807) is 7.11 Å². The molecule has 3 atom stereocenters. The minimum Gasteiger partial charge on any atom is -0.497 e. The van der Waals surface area contributed by atoms with E-state index in [0.29, 0.717) is 12.1 Å². The zero-order valence-electron chi connectivity index (χ0n) is 13.6. The minimum absolute atomic E-state index is 0.511. The van der Waals surface area contributed by atoms with Crippen LogP contribution in [0.3, 0.4) is 0 Å². The third-order valence-electron chi connectivity index (χ3n) is 5.25. The van der Waals surface area contributed by atoms with Gasteiger partial charge in [0.15, 0.2) is 0 Å². The Morgan fingerprint density at radius 2 is 2.19 bits per heavy atom. The summed E-state index contributed by atoms with van der Waals surface area (Å²) < 4.78 is 5.38. The molecule has 0 amide bonds. The number of methoxy groups -OCH3 is 1. The molecule has 0 bridgehead atoms. The lowest BCUT2D eigenvalue weighted by Gasteiger charge is -2.42. The van der Waals surface area contributed by atoms with Gasteiger partial charge in [-0.05, 0) is 75.4 Å². The van der Waals surface area contributed by atoms with E-state index in [1.165, 1.54) is 43.6 Å². The van der Waals surface area contributed by atoms with Crippen molar-refractivity contribution < 1.29 is 4.74 Å². The first-order valence-corrected chi connectivity index (χ1v) is 8.32. The number of nitrogens with zero attached hydrogens (tertiary/aromatic N) is 1. The quantitative estimate of drug-likeness (QED) is 0.925. The van der Waals surface area contributed by atoms with Gasteiger partial charge in [0, 0.05) is 18.6 Å². The van der Waals surface area contributed by atoms with Gasteiger partial charge in [-0.3, -0.25) is 4.90 Å². The number of hydrogen-bond donors (Lipinski definition) is 1. The number of hydrogen-bond acceptors (Lipinski definition) is 3. The van der Waals surface area contributed by atoms with Crippen molar-refractivity contribution >= 4 is 0 Å². The molecule has 0 radical (unpaired) electrons. The lowest BCUT2D eigenvalue weighted by molar-refractivity contribution is 0.106. The van der Waals surface area contributed by atoms with Crippen molar-refractivity contribution in [3.63, 3.8) is 0 Å². The monoisotopic (exact) mass is 288 g/mol. The number of fused-ring (bicyclic) bond motifs is 1. The first kappa shape index (κ1) is 14.9. The van der Waals surface area contributed by atoms with Crippen LogP contribution in [0.25, 0.3) is 0 Å². The summed E-state index contributed by atoms with van der Waals surface area (Å²) in [6.45, 7) is 8.34. The third-order valence-corrected chi connectivity index (χ3v) is 5.25. The van der Waals surface area contributed by atoms with E-state index in [0.717, 1.165) is 18.1 Å². The van der Waals surface area contributed by atoms with Crippen LogP contribution in [-0.4, -0.2) is 37.7 Å². The van der Waals surface area contributed by atoms with Gasteiger partial charge in [-0.25, -0.2) is 0 Å². The molecule has 1 aromatic carbocycles. The van der Waals surface area contributed by atoms with Crippen molar-refractivity contribution in [1.29, 1.82) is 0 Å². The molecule has 2 aliphatic rings. The molecule has 0 spiro atoms. The summed E-state index contributed by atoms with van der Waals surface area (Å²) in [5, 5.41) is 3.55. The standard InChI is InChI=1S/C18H28N2O/c1-13-9-16-10-17(21-3)6-7-18(16)14(2)20(13)12-15-5-4-8-19-11-15/h6-7,10,13-15,19H,4-5,8-9,11-12H2,1-3H3. The van der Waals surface area contributed by atoms with Crippen LogP contribution in [0.5, 0.6) is 5.75 Å². The van der Waals surface area contributed by atoms with E-state index in [1.807, 2.05) is 0 Å². The number of ether oxygens (including phenoxy) is 1. The fraction of sp³-hybridized carbons (Fsp3) is 0.667. The van der Waals surface area contributed by atoms with Gasteiger partial charge in [-0.2, -0.15) is 0 Å². The molecule has 3 rings (SSSR count). The molecule has 1 saturated heterocycles. The van der Waals surface area contributed by atoms with Crippen LogP contribution in [0.4, 0.5) is 0 Å². The molecular formula is C18H28N2O. The molecule has 2 heterocycles. The summed E-state index contributed by atoms with van der Waals surface area (Å²) in [4.78, 5) is 2.70. The maximum atomic E-state index is 5.38. The summed E-state index contributed by atoms with van der Waals surface area (Å²) in [7, 11) is 1.75. The zero-order chi connectivity index (χ0) is 14.8. The fourth-order valence-electron chi connectivity index (χ4n) is 4.01. The van der Waals surface area contributed by atoms with Gasteiger partial charge in [0.1, 0.15) is 5.75 Å². The lowest BCUT2D eigenvalue weighted by atomic mass is 9.87. The van der Waals surface area contributed by atoms with Crippen LogP contribution in [0.15, 0.2) is 18.2 Å². The number of nitrogens with one attached hydrogen (secondary N) is 1. The van der Waals surface area contributed by atoms with E-state index in [4.69, 9.17) is 4.74 Å². The lowest BCUT2D eigenvalue weighted by Crippen LogP contribution is -2.46. The molecule has 3 unspecified atom stereocenters. The van der Waals surface area contributed by atoms with Gasteiger partial charge in [-0.1, -0.05) is 6.07 Å². The number of piperidine rings is 1. The maximum Gasteiger partial charge on any atom is 0.119 e. The Balaban J connectivity index is 1.76. The highest BCUT2D eigenvalue weighted by Crippen LogP contribution is 2.35. The number of benzene rings is 1. The Morgan fingerprint density at radius 1 is 1.33 bits per heavy atom. The van der Waals surface area contributed by atoms with Crippen LogP contribution in [0.2, 0.25) is 0 Å². The maximum absolute atomic E-state index is 5.38. The molecule has 3 heteroatoms. The van der Waals surface area contributed by atoms with Gasteiger partial charge in [0.05, 0.1) is 7.11 Å². The highest BCUT2D eigenvalue weighted by atomic mass is 16.5. The molecule has 1 fully saturated rings. The Morgan fingerprint density at radius 3 is 2.90 bits per heavy atom. The topological polar surface area (TPSA) is 24.5 Å². The summed E-state index contributed by atoms with van der Waals surface area (Å²) in [6.07, 6.45) is 3.84. The van der Waals surface area contributed by atoms with Crippen LogP contribution < -0.4 is 10.1 Å². The fourth-order valence-corrected chi connectivity index (χ4v) is 4.01. The Bertz CT molecular complexity index is 482. The highest BCUT2D eigenvalue weighted by molar-refractivity contribution is 5.39. The molecule has 3 nitrogen and oxygen atoms in total. The van der Waals surface area contributed by atoms with Gasteiger partial charge in [-0.15, -0.1) is 0 Å². The Labute approximate surface area is 128 Å². The van der Waals surface area contributed by atoms with Gasteiger partial charge >= 0.3 is 0 Å². The molecule has 116 valence electrons. The zero-order valence-corrected chi connectivity index (χ0v) is 13.6. The Kier molecular flexibility index (Phi) is 4.51. The Hall–Kier alpha value is -1.06. The predicted octanol–water partition coefficient (Wildman–Crippen LogP) is 3.00. The average Bonchev–Trinajstić information content (AvgIpc) is 2.52. The van der Waals surface area contributed by atoms with Crippen LogP contribution in [-0.2, 0) is 6.42 Å². The molecule has 0 saturated carbocycles. The van der Waals surface area contributed by atoms with Crippen molar-refractivity contribution in [2.75, 3.05) is 26.7 Å². The minimum atomic E-state index is 0.511. The SMILES string of the molecule is COc1ccc2c(c1)CC(C)N(CC1CCCNC1)C2C. The van der Waals surface area contributed by atoms with Crippen LogP contribution in [0.1, 0.15) is 43.9 Å². The largest absolute Gasteiger partial charge is 0.497 e. The van der Waals surface area contributed by atoms with E-state index in [2.05, 4.69) is 42.3 Å². The first-order chi connectivity index (χ1) is 10.2. The van der Waals surface area contributed by atoms with Crippen molar-refractivity contribution in [3.05, 3.63) is 29.3 Å². The second-order valence-corrected chi connectivity index (χ2v) is 6.70. The van der Waals surface area contributed by atoms with Crippen LogP contribution in [0, 0.1) is 5.92 Å². The molecule has 2 aliphatic heterocycles. The second-order valence-electron chi connectivity index (χ2n) is 6.70. The summed E-state index contributed by atoms with van der Waals surface area (Å²) in [5.74, 6) is 1.79. The molecule has 0 aromatic heterocycles. The van der Waals surface area contributed by atoms with Crippen molar-refractivity contribution in [3.8, 4) is 5.75 Å². The molecule has 21 heavy (non-hydrogen) atoms. The molecule has 1 aromatic rings. The third kappa shape index (κ3) is 3.09. The normalized spacial score (nSPS) is 30.0. The van der Waals surface area contributed by atoms with E-state index < -0.39 is 0 Å². The van der Waals surface area contributed by atoms with Gasteiger partial charge in [0.25, 0.3) is 0 Å². The van der Waals surface area contributed by atoms with Crippen LogP contribution >= 0.6 is 0 Å². The van der Waals surface area contributed by atoms with Crippen molar-refractivity contribution in [1.82, 2.24) is 10.2 Å². The van der Waals surface area contributed by atoms with Gasteiger partial charge < -0.3 is 10.1 Å². The second kappa shape index (κ2) is 6.37. The van der Waals surface area contributed by atoms with Crippen molar-refractivity contribution in [2.24, 2.45) is 5.92 Å². The average molecular weight is 288 g/mol. The number of rotatable bonds is 3. The first-order valence-electron chi connectivity index (χ1n) is 8.32. The van der Waals surface area contributed by atoms with Crippen molar-refractivity contribution in [2.45, 2.75) is 45.2 Å². The highest BCUT2D eigenvalue weighted by Gasteiger charge is 2.31. The predicted molar refractivity (Wildman–Crippen MR) is 86.9 cm³/mol. The molecule has 0 aliphatic carbocycles. The summed E-state index contributed by atoms with van der Waals surface area (Å²) >= 11 is 0. The summed E-state index contributed by atoms with van der Waals surface area (Å²) in [6, 6.07) is 7.71. The molecule has 1 N–H and O–H groups in total. The smallest absolute Gasteiger partial charge is 0.119 e. The van der Waals surface area contributed by atoms with E-state index in [-0.39, 0.29) is 0 Å². The summed E-state index contributed by atoms with van der Waals surface area (Å²) in [5.41, 5.74) is 2.95. The molecular weight excluding hydrogens is 260 g/mol. The van der Waals surface area contributed by atoms with E-state index >= 15 is 0 Å². The van der Waals surface area contributed by atoms with E-state index in [9.17, 15) is 0 Å². The van der Waals surface area contributed by atoms with Gasteiger partial charge in [0.2, 0.25) is 0 Å².